The molecule has 1 aromatic carbocycles. The first kappa shape index (κ1) is 29.0. The maximum atomic E-state index is 13.4. The van der Waals surface area contributed by atoms with Crippen LogP contribution in [0.5, 0.6) is 5.75 Å². The number of hydrogen-bond donors (Lipinski definition) is 5. The van der Waals surface area contributed by atoms with Gasteiger partial charge in [-0.1, -0.05) is 12.1 Å². The summed E-state index contributed by atoms with van der Waals surface area (Å²) in [5, 5.41) is 14.2. The van der Waals surface area contributed by atoms with Crippen LogP contribution in [0.25, 0.3) is 0 Å². The van der Waals surface area contributed by atoms with Crippen molar-refractivity contribution in [1.82, 2.24) is 20.1 Å². The summed E-state index contributed by atoms with van der Waals surface area (Å²) in [6.07, 6.45) is 3.49. The van der Waals surface area contributed by atoms with Crippen molar-refractivity contribution in [2.24, 2.45) is 22.2 Å². The number of aromatic nitrogens is 1. The topological polar surface area (TPSA) is 210 Å². The van der Waals surface area contributed by atoms with Crippen molar-refractivity contribution in [2.45, 2.75) is 56.3 Å². The van der Waals surface area contributed by atoms with Crippen LogP contribution in [0.3, 0.4) is 0 Å². The van der Waals surface area contributed by atoms with Crippen molar-refractivity contribution in [1.29, 1.82) is 0 Å². The molecule has 13 nitrogen and oxygen atoms in total. The lowest BCUT2D eigenvalue weighted by atomic mass is 10.0. The van der Waals surface area contributed by atoms with Crippen molar-refractivity contribution in [3.8, 4) is 5.75 Å². The van der Waals surface area contributed by atoms with Gasteiger partial charge < -0.3 is 37.4 Å². The van der Waals surface area contributed by atoms with Crippen LogP contribution < -0.4 is 22.5 Å². The van der Waals surface area contributed by atoms with Gasteiger partial charge in [0.1, 0.15) is 11.8 Å². The van der Waals surface area contributed by atoms with Crippen LogP contribution in [0.4, 0.5) is 0 Å². The van der Waals surface area contributed by atoms with Crippen molar-refractivity contribution < 1.29 is 24.3 Å². The smallest absolute Gasteiger partial charge is 0.243 e. The summed E-state index contributed by atoms with van der Waals surface area (Å²) in [6, 6.07) is 3.68. The van der Waals surface area contributed by atoms with Gasteiger partial charge in [0.15, 0.2) is 11.0 Å². The molecule has 0 bridgehead atoms. The van der Waals surface area contributed by atoms with Gasteiger partial charge in [0.05, 0.1) is 24.7 Å². The summed E-state index contributed by atoms with van der Waals surface area (Å²) >= 11 is 1.18. The Morgan fingerprint density at radius 3 is 2.62 bits per heavy atom. The fourth-order valence-corrected chi connectivity index (χ4v) is 5.80. The standard InChI is InChI=1S/C26H34N8O5S/c27-18(12-15-3-6-17(35)7-4-15)25(39)33-13-16-5-8-20(34(16)21(36)14-33)23(38)32-19(2-1-9-31-26(28)29)22(37)24-30-10-11-40-24/h3-4,6-7,10-11,16,18-20,35H,1-2,5,8-9,12-14,27H2,(H,32,38)(H4,28,29,31)/t16-,18-,19?,20-/m0/s1. The van der Waals surface area contributed by atoms with Crippen molar-refractivity contribution in [3.63, 3.8) is 0 Å². The predicted octanol–water partition coefficient (Wildman–Crippen LogP) is -0.658. The maximum absolute atomic E-state index is 13.4. The van der Waals surface area contributed by atoms with Gasteiger partial charge >= 0.3 is 0 Å². The van der Waals surface area contributed by atoms with Crippen LogP contribution >= 0.6 is 11.3 Å². The van der Waals surface area contributed by atoms with E-state index >= 15 is 0 Å². The highest BCUT2D eigenvalue weighted by molar-refractivity contribution is 7.11. The fraction of sp³-hybridized carbons (Fsp3) is 0.462. The Hall–Kier alpha value is -4.04. The molecule has 2 aromatic rings. The second kappa shape index (κ2) is 12.9. The minimum atomic E-state index is -0.846. The number of thiazole rings is 1. The molecule has 2 fully saturated rings. The molecule has 3 amide bonds. The molecular weight excluding hydrogens is 536 g/mol. The average Bonchev–Trinajstić information content (AvgIpc) is 3.61. The number of aliphatic imine (C=N–C) groups is 1. The number of rotatable bonds is 11. The molecule has 14 heteroatoms. The minimum absolute atomic E-state index is 0.0544. The first-order valence-corrected chi connectivity index (χ1v) is 13.9. The van der Waals surface area contributed by atoms with Crippen LogP contribution in [0.2, 0.25) is 0 Å². The van der Waals surface area contributed by atoms with Gasteiger partial charge in [-0.3, -0.25) is 24.2 Å². The van der Waals surface area contributed by atoms with E-state index < -0.39 is 24.0 Å². The zero-order chi connectivity index (χ0) is 28.8. The number of nitrogens with zero attached hydrogens (tertiary/aromatic N) is 4. The Balaban J connectivity index is 1.38. The number of nitrogens with one attached hydrogen (secondary N) is 1. The molecule has 2 aliphatic rings. The molecule has 1 aromatic heterocycles. The van der Waals surface area contributed by atoms with Gasteiger partial charge in [-0.05, 0) is 49.8 Å². The van der Waals surface area contributed by atoms with Crippen LogP contribution in [-0.4, -0.2) is 93.2 Å². The molecule has 3 heterocycles. The second-order valence-corrected chi connectivity index (χ2v) is 10.8. The van der Waals surface area contributed by atoms with E-state index in [9.17, 15) is 24.3 Å². The highest BCUT2D eigenvalue weighted by atomic mass is 32.1. The number of hydrogen-bond acceptors (Lipinski definition) is 9. The number of benzene rings is 1. The summed E-state index contributed by atoms with van der Waals surface area (Å²) in [7, 11) is 0. The molecule has 0 aliphatic carbocycles. The molecule has 2 aliphatic heterocycles. The zero-order valence-corrected chi connectivity index (χ0v) is 22.8. The molecular formula is C26H34N8O5S. The number of guanidine groups is 1. The summed E-state index contributed by atoms with van der Waals surface area (Å²) in [5.74, 6) is -1.35. The van der Waals surface area contributed by atoms with Gasteiger partial charge in [0, 0.05) is 24.7 Å². The molecule has 1 unspecified atom stereocenters. The van der Waals surface area contributed by atoms with Crippen LogP contribution in [0.15, 0.2) is 40.8 Å². The van der Waals surface area contributed by atoms with Gasteiger partial charge in [-0.25, -0.2) is 4.98 Å². The molecule has 4 atom stereocenters. The van der Waals surface area contributed by atoms with E-state index in [0.29, 0.717) is 32.2 Å². The Morgan fingerprint density at radius 2 is 1.95 bits per heavy atom. The van der Waals surface area contributed by atoms with Gasteiger partial charge in [0.25, 0.3) is 0 Å². The SMILES string of the molecule is NC(N)=NCCCC(NC(=O)[C@@H]1CC[C@H]2CN(C(=O)[C@@H](N)Cc3ccc(O)cc3)CC(=O)N21)C(=O)c1nccs1. The number of piperazine rings is 1. The zero-order valence-electron chi connectivity index (χ0n) is 21.9. The van der Waals surface area contributed by atoms with Crippen molar-refractivity contribution in [3.05, 3.63) is 46.4 Å². The fourth-order valence-electron chi connectivity index (χ4n) is 5.17. The van der Waals surface area contributed by atoms with Gasteiger partial charge in [-0.2, -0.15) is 0 Å². The minimum Gasteiger partial charge on any atom is -0.508 e. The summed E-state index contributed by atoms with van der Waals surface area (Å²) in [4.78, 5) is 63.6. The van der Waals surface area contributed by atoms with Crippen molar-refractivity contribution >= 4 is 40.8 Å². The van der Waals surface area contributed by atoms with E-state index in [0.717, 1.165) is 5.56 Å². The largest absolute Gasteiger partial charge is 0.508 e. The molecule has 8 N–H and O–H groups in total. The first-order valence-electron chi connectivity index (χ1n) is 13.1. The third-order valence-electron chi connectivity index (χ3n) is 7.09. The lowest BCUT2D eigenvalue weighted by molar-refractivity contribution is -0.151. The Labute approximate surface area is 235 Å². The van der Waals surface area contributed by atoms with E-state index in [1.807, 2.05) is 0 Å². The number of ketones is 1. The molecule has 0 saturated carbocycles. The Bertz CT molecular complexity index is 1250. The second-order valence-electron chi connectivity index (χ2n) is 9.96. The van der Waals surface area contributed by atoms with E-state index in [1.54, 1.807) is 17.5 Å². The highest BCUT2D eigenvalue weighted by Gasteiger charge is 2.46. The average molecular weight is 571 g/mol. The number of phenolic OH excluding ortho intramolecular Hbond substituents is 1. The number of amides is 3. The molecule has 2 saturated heterocycles. The number of aromatic hydroxyl groups is 1. The van der Waals surface area contributed by atoms with Gasteiger partial charge in [-0.15, -0.1) is 11.3 Å². The molecule has 214 valence electrons. The third kappa shape index (κ3) is 6.93. The molecule has 0 radical (unpaired) electrons. The summed E-state index contributed by atoms with van der Waals surface area (Å²) in [6.45, 7) is 0.398. The monoisotopic (exact) mass is 570 g/mol. The number of nitrogens with two attached hydrogens (primary N) is 3. The number of carbonyl (C=O) groups is 4. The predicted molar refractivity (Wildman–Crippen MR) is 148 cm³/mol. The van der Waals surface area contributed by atoms with E-state index in [2.05, 4.69) is 15.3 Å². The van der Waals surface area contributed by atoms with Crippen LogP contribution in [-0.2, 0) is 20.8 Å². The van der Waals surface area contributed by atoms with E-state index in [-0.39, 0.29) is 59.9 Å². The lowest BCUT2D eigenvalue weighted by Gasteiger charge is -2.40. The van der Waals surface area contributed by atoms with Gasteiger partial charge in [0.2, 0.25) is 23.5 Å². The first-order chi connectivity index (χ1) is 19.1. The quantitative estimate of drug-likeness (QED) is 0.100. The lowest BCUT2D eigenvalue weighted by Crippen LogP contribution is -2.62. The third-order valence-corrected chi connectivity index (χ3v) is 7.88. The van der Waals surface area contributed by atoms with Crippen LogP contribution in [0, 0.1) is 0 Å². The number of carbonyl (C=O) groups excluding carboxylic acids is 4. The van der Waals surface area contributed by atoms with Crippen molar-refractivity contribution in [2.75, 3.05) is 19.6 Å². The summed E-state index contributed by atoms with van der Waals surface area (Å²) < 4.78 is 0. The normalized spacial score (nSPS) is 20.0. The summed E-state index contributed by atoms with van der Waals surface area (Å²) in [5.41, 5.74) is 17.7. The number of phenols is 1. The Morgan fingerprint density at radius 1 is 1.20 bits per heavy atom. The molecule has 4 rings (SSSR count). The van der Waals surface area contributed by atoms with E-state index in [1.165, 1.54) is 39.5 Å². The maximum Gasteiger partial charge on any atom is 0.243 e. The van der Waals surface area contributed by atoms with Crippen LogP contribution in [0.1, 0.15) is 41.0 Å². The number of fused-ring (bicyclic) bond motifs is 1. The molecule has 40 heavy (non-hydrogen) atoms. The number of Topliss-reactive ketones (excluding diaryl/α,β-unsaturated/α-hetero) is 1. The Kier molecular flexibility index (Phi) is 9.32. The van der Waals surface area contributed by atoms with E-state index in [4.69, 9.17) is 17.2 Å². The highest BCUT2D eigenvalue weighted by Crippen LogP contribution is 2.29. The molecule has 0 spiro atoms.